The van der Waals surface area contributed by atoms with E-state index in [0.29, 0.717) is 0 Å². The Balaban J connectivity index is 4.40. The predicted octanol–water partition coefficient (Wildman–Crippen LogP) is -1.08. The number of nitrogens with one attached hydrogen (secondary N) is 1. The van der Waals surface area contributed by atoms with Crippen molar-refractivity contribution in [3.05, 3.63) is 0 Å². The zero-order chi connectivity index (χ0) is 11.4. The van der Waals surface area contributed by atoms with Crippen LogP contribution < -0.4 is 5.32 Å². The summed E-state index contributed by atoms with van der Waals surface area (Å²) in [5.41, 5.74) is 0. The molecule has 0 heterocycles. The Hall–Kier alpha value is -0.760. The van der Waals surface area contributed by atoms with E-state index in [1.807, 2.05) is 0 Å². The standard InChI is InChI=1S/C6H11NO5S2/c1-4(8)7-5(3-13)6(9)12-14(2,10)11/h5,13H,3H2,1-2H3,(H,7,8). The summed E-state index contributed by atoms with van der Waals surface area (Å²) in [7, 11) is -3.85. The molecule has 0 rings (SSSR count). The fraction of sp³-hybridized carbons (Fsp3) is 0.667. The van der Waals surface area contributed by atoms with E-state index >= 15 is 0 Å². The van der Waals surface area contributed by atoms with Gasteiger partial charge in [-0.3, -0.25) is 4.79 Å². The van der Waals surface area contributed by atoms with Crippen LogP contribution in [-0.4, -0.2) is 38.3 Å². The van der Waals surface area contributed by atoms with Crippen LogP contribution in [0.5, 0.6) is 0 Å². The van der Waals surface area contributed by atoms with Gasteiger partial charge in [0.15, 0.2) is 0 Å². The molecule has 0 saturated carbocycles. The SMILES string of the molecule is CC(=O)NC(CS)C(=O)OS(C)(=O)=O. The third kappa shape index (κ3) is 5.81. The fourth-order valence-electron chi connectivity index (χ4n) is 0.632. The summed E-state index contributed by atoms with van der Waals surface area (Å²) in [6, 6.07) is -1.05. The minimum Gasteiger partial charge on any atom is -0.344 e. The van der Waals surface area contributed by atoms with Crippen molar-refractivity contribution in [1.82, 2.24) is 5.32 Å². The molecule has 1 unspecified atom stereocenters. The van der Waals surface area contributed by atoms with Gasteiger partial charge in [-0.05, 0) is 0 Å². The van der Waals surface area contributed by atoms with Gasteiger partial charge in [0.05, 0.1) is 6.26 Å². The van der Waals surface area contributed by atoms with E-state index < -0.39 is 28.0 Å². The average Bonchev–Trinajstić information content (AvgIpc) is 1.96. The largest absolute Gasteiger partial charge is 0.345 e. The highest BCUT2D eigenvalue weighted by molar-refractivity contribution is 7.86. The summed E-state index contributed by atoms with van der Waals surface area (Å²) in [5.74, 6) is -1.54. The third-order valence-electron chi connectivity index (χ3n) is 1.08. The first-order valence-corrected chi connectivity index (χ1v) is 6.02. The Morgan fingerprint density at radius 1 is 1.50 bits per heavy atom. The van der Waals surface area contributed by atoms with Crippen molar-refractivity contribution in [2.75, 3.05) is 12.0 Å². The molecule has 0 radical (unpaired) electrons. The van der Waals surface area contributed by atoms with Gasteiger partial charge in [0.25, 0.3) is 0 Å². The van der Waals surface area contributed by atoms with Crippen molar-refractivity contribution in [2.45, 2.75) is 13.0 Å². The average molecular weight is 241 g/mol. The quantitative estimate of drug-likeness (QED) is 0.483. The summed E-state index contributed by atoms with van der Waals surface area (Å²) in [6.07, 6.45) is 0.744. The third-order valence-corrected chi connectivity index (χ3v) is 1.91. The van der Waals surface area contributed by atoms with Crippen molar-refractivity contribution >= 4 is 34.6 Å². The molecule has 0 aromatic heterocycles. The first-order chi connectivity index (χ1) is 6.26. The van der Waals surface area contributed by atoms with Crippen molar-refractivity contribution < 1.29 is 22.2 Å². The lowest BCUT2D eigenvalue weighted by Crippen LogP contribution is -2.42. The van der Waals surface area contributed by atoms with E-state index in [9.17, 15) is 18.0 Å². The normalized spacial score (nSPS) is 13.1. The molecule has 1 amide bonds. The first kappa shape index (κ1) is 13.2. The molecule has 0 aliphatic rings. The van der Waals surface area contributed by atoms with Crippen LogP contribution in [0.4, 0.5) is 0 Å². The van der Waals surface area contributed by atoms with E-state index in [2.05, 4.69) is 22.1 Å². The van der Waals surface area contributed by atoms with Gasteiger partial charge < -0.3 is 9.50 Å². The van der Waals surface area contributed by atoms with E-state index in [0.717, 1.165) is 6.26 Å². The van der Waals surface area contributed by atoms with Crippen LogP contribution in [0.1, 0.15) is 6.92 Å². The Morgan fingerprint density at radius 2 is 2.00 bits per heavy atom. The molecule has 1 N–H and O–H groups in total. The van der Waals surface area contributed by atoms with Gasteiger partial charge in [-0.1, -0.05) is 0 Å². The molecule has 0 bridgehead atoms. The summed E-state index contributed by atoms with van der Waals surface area (Å²) < 4.78 is 25.2. The molecule has 0 fully saturated rings. The van der Waals surface area contributed by atoms with Gasteiger partial charge in [0, 0.05) is 12.7 Å². The van der Waals surface area contributed by atoms with Crippen molar-refractivity contribution in [3.8, 4) is 0 Å². The van der Waals surface area contributed by atoms with Crippen molar-refractivity contribution in [1.29, 1.82) is 0 Å². The Labute approximate surface area is 87.5 Å². The molecular weight excluding hydrogens is 230 g/mol. The van der Waals surface area contributed by atoms with Crippen molar-refractivity contribution in [3.63, 3.8) is 0 Å². The first-order valence-electron chi connectivity index (χ1n) is 3.57. The molecule has 0 aliphatic carbocycles. The van der Waals surface area contributed by atoms with Crippen LogP contribution in [-0.2, 0) is 23.9 Å². The zero-order valence-electron chi connectivity index (χ0n) is 7.68. The number of carbonyl (C=O) groups excluding carboxylic acids is 2. The van der Waals surface area contributed by atoms with E-state index in [1.165, 1.54) is 6.92 Å². The highest BCUT2D eigenvalue weighted by Crippen LogP contribution is 1.96. The number of amides is 1. The molecular formula is C6H11NO5S2. The van der Waals surface area contributed by atoms with Crippen LogP contribution in [0.25, 0.3) is 0 Å². The van der Waals surface area contributed by atoms with Crippen LogP contribution in [0, 0.1) is 0 Å². The highest BCUT2D eigenvalue weighted by atomic mass is 32.2. The number of thiol groups is 1. The number of rotatable bonds is 4. The van der Waals surface area contributed by atoms with Crippen molar-refractivity contribution in [2.24, 2.45) is 0 Å². The molecule has 0 aromatic carbocycles. The molecule has 0 aromatic rings. The topological polar surface area (TPSA) is 89.5 Å². The molecule has 6 nitrogen and oxygen atoms in total. The molecule has 8 heteroatoms. The number of carbonyl (C=O) groups is 2. The molecule has 82 valence electrons. The maximum Gasteiger partial charge on any atom is 0.345 e. The van der Waals surface area contributed by atoms with Gasteiger partial charge >= 0.3 is 16.1 Å². The van der Waals surface area contributed by atoms with Crippen LogP contribution in [0.3, 0.4) is 0 Å². The molecule has 0 spiro atoms. The van der Waals surface area contributed by atoms with Gasteiger partial charge in [-0.25, -0.2) is 4.79 Å². The summed E-state index contributed by atoms with van der Waals surface area (Å²) in [5, 5.41) is 2.20. The minimum atomic E-state index is -3.85. The Kier molecular flexibility index (Phi) is 4.92. The lowest BCUT2D eigenvalue weighted by molar-refractivity contribution is -0.137. The van der Waals surface area contributed by atoms with Gasteiger partial charge in [-0.2, -0.15) is 21.0 Å². The second-order valence-electron chi connectivity index (χ2n) is 2.54. The second-order valence-corrected chi connectivity index (χ2v) is 4.48. The molecule has 0 saturated heterocycles. The number of hydrogen-bond acceptors (Lipinski definition) is 6. The highest BCUT2D eigenvalue weighted by Gasteiger charge is 2.22. The van der Waals surface area contributed by atoms with Crippen LogP contribution >= 0.6 is 12.6 Å². The van der Waals surface area contributed by atoms with Gasteiger partial charge in [0.1, 0.15) is 6.04 Å². The van der Waals surface area contributed by atoms with Gasteiger partial charge in [0.2, 0.25) is 5.91 Å². The summed E-state index contributed by atoms with van der Waals surface area (Å²) in [6.45, 7) is 1.20. The monoisotopic (exact) mass is 241 g/mol. The summed E-state index contributed by atoms with van der Waals surface area (Å²) in [4.78, 5) is 21.6. The Bertz CT molecular complexity index is 323. The minimum absolute atomic E-state index is 0.0338. The lowest BCUT2D eigenvalue weighted by Gasteiger charge is -2.12. The van der Waals surface area contributed by atoms with Crippen LogP contribution in [0.2, 0.25) is 0 Å². The molecule has 0 aliphatic heterocycles. The molecule has 1 atom stereocenters. The molecule has 14 heavy (non-hydrogen) atoms. The fourth-order valence-corrected chi connectivity index (χ4v) is 1.29. The Morgan fingerprint density at radius 3 is 2.29 bits per heavy atom. The summed E-state index contributed by atoms with van der Waals surface area (Å²) >= 11 is 3.77. The predicted molar refractivity (Wildman–Crippen MR) is 52.4 cm³/mol. The number of hydrogen-bond donors (Lipinski definition) is 2. The van der Waals surface area contributed by atoms with Crippen LogP contribution in [0.15, 0.2) is 0 Å². The second kappa shape index (κ2) is 5.20. The van der Waals surface area contributed by atoms with E-state index in [4.69, 9.17) is 0 Å². The maximum absolute atomic E-state index is 11.1. The smallest absolute Gasteiger partial charge is 0.344 e. The lowest BCUT2D eigenvalue weighted by atomic mass is 10.3. The van der Waals surface area contributed by atoms with E-state index in [1.54, 1.807) is 0 Å². The van der Waals surface area contributed by atoms with Gasteiger partial charge in [-0.15, -0.1) is 0 Å². The zero-order valence-corrected chi connectivity index (χ0v) is 9.39. The maximum atomic E-state index is 11.1. The van der Waals surface area contributed by atoms with E-state index in [-0.39, 0.29) is 5.75 Å².